The van der Waals surface area contributed by atoms with Gasteiger partial charge in [0, 0.05) is 30.0 Å². The maximum Gasteiger partial charge on any atom is 0.136 e. The summed E-state index contributed by atoms with van der Waals surface area (Å²) in [5.41, 5.74) is 0.933. The maximum absolute atomic E-state index is 14.0. The van der Waals surface area contributed by atoms with E-state index in [9.17, 15) is 14.6 Å². The van der Waals surface area contributed by atoms with Crippen LogP contribution in [0.5, 0.6) is 0 Å². The molecule has 0 radical (unpaired) electrons. The molecule has 0 amide bonds. The summed E-state index contributed by atoms with van der Waals surface area (Å²) < 4.78 is 27.1. The molecule has 170 valence electrons. The van der Waals surface area contributed by atoms with E-state index in [1.165, 1.54) is 35.8 Å². The number of nitrogens with zero attached hydrogens (tertiary/aromatic N) is 4. The molecule has 0 bridgehead atoms. The fourth-order valence-corrected chi connectivity index (χ4v) is 5.03. The van der Waals surface area contributed by atoms with Gasteiger partial charge in [-0.15, -0.1) is 5.10 Å². The zero-order valence-corrected chi connectivity index (χ0v) is 18.9. The number of halogens is 2. The highest BCUT2D eigenvalue weighted by Gasteiger charge is 2.47. The summed E-state index contributed by atoms with van der Waals surface area (Å²) in [6.45, 7) is 1.28. The van der Waals surface area contributed by atoms with Crippen LogP contribution < -0.4 is 0 Å². The lowest BCUT2D eigenvalue weighted by molar-refractivity contribution is -0.186. The number of pyridine rings is 1. The van der Waals surface area contributed by atoms with Gasteiger partial charge in [-0.2, -0.15) is 0 Å². The van der Waals surface area contributed by atoms with Crippen LogP contribution >= 0.6 is 23.4 Å². The molecular formula is C21H22ClFN4O4S. The van der Waals surface area contributed by atoms with Crippen molar-refractivity contribution in [3.05, 3.63) is 59.3 Å². The SMILES string of the molecule is COC1C(Sc2cncc(Cl)c2)OC(CO)C(O)C1n1cc(-c2ccc(C)c(F)c2)nn1. The third-order valence-corrected chi connectivity index (χ3v) is 6.63. The van der Waals surface area contributed by atoms with Crippen molar-refractivity contribution < 1.29 is 24.1 Å². The largest absolute Gasteiger partial charge is 0.394 e. The second-order valence-corrected chi connectivity index (χ2v) is 9.02. The van der Waals surface area contributed by atoms with Crippen LogP contribution in [0.1, 0.15) is 11.6 Å². The van der Waals surface area contributed by atoms with Gasteiger partial charge < -0.3 is 19.7 Å². The Labute approximate surface area is 193 Å². The number of aryl methyl sites for hydroxylation is 1. The molecule has 5 atom stereocenters. The van der Waals surface area contributed by atoms with Crippen LogP contribution in [0.25, 0.3) is 11.3 Å². The molecule has 0 saturated carbocycles. The predicted octanol–water partition coefficient (Wildman–Crippen LogP) is 2.87. The van der Waals surface area contributed by atoms with E-state index in [4.69, 9.17) is 21.1 Å². The molecule has 8 nitrogen and oxygen atoms in total. The number of aliphatic hydroxyl groups excluding tert-OH is 2. The monoisotopic (exact) mass is 480 g/mol. The Balaban J connectivity index is 1.66. The fraction of sp³-hybridized carbons (Fsp3) is 0.381. The van der Waals surface area contributed by atoms with Crippen LogP contribution in [0.3, 0.4) is 0 Å². The Morgan fingerprint density at radius 1 is 1.31 bits per heavy atom. The van der Waals surface area contributed by atoms with Crippen molar-refractivity contribution >= 4 is 23.4 Å². The summed E-state index contributed by atoms with van der Waals surface area (Å²) in [5.74, 6) is -0.343. The third-order valence-electron chi connectivity index (χ3n) is 5.31. The standard InChI is InChI=1S/C21H22ClFN4O4S/c1-11-3-4-12(5-15(11)23)16-9-27(26-25-16)18-19(29)17(10-28)31-21(20(18)30-2)32-14-6-13(22)7-24-8-14/h3-9,17-21,28-29H,10H2,1-2H3. The predicted molar refractivity (Wildman–Crippen MR) is 117 cm³/mol. The molecule has 0 aliphatic carbocycles. The molecule has 2 N–H and O–H groups in total. The maximum atomic E-state index is 14.0. The molecule has 5 unspecified atom stereocenters. The lowest BCUT2D eigenvalue weighted by Gasteiger charge is -2.43. The van der Waals surface area contributed by atoms with Gasteiger partial charge in [0.05, 0.1) is 17.8 Å². The van der Waals surface area contributed by atoms with Gasteiger partial charge >= 0.3 is 0 Å². The van der Waals surface area contributed by atoms with Crippen molar-refractivity contribution in [1.29, 1.82) is 0 Å². The molecule has 1 saturated heterocycles. The molecule has 1 aliphatic heterocycles. The van der Waals surface area contributed by atoms with Crippen LogP contribution in [-0.4, -0.2) is 67.7 Å². The van der Waals surface area contributed by atoms with Gasteiger partial charge in [0.25, 0.3) is 0 Å². The summed E-state index contributed by atoms with van der Waals surface area (Å²) >= 11 is 7.35. The number of aliphatic hydroxyl groups is 2. The molecular weight excluding hydrogens is 459 g/mol. The number of methoxy groups -OCH3 is 1. The minimum Gasteiger partial charge on any atom is -0.394 e. The summed E-state index contributed by atoms with van der Waals surface area (Å²) in [5, 5.41) is 29.5. The van der Waals surface area contributed by atoms with E-state index in [1.54, 1.807) is 37.5 Å². The summed E-state index contributed by atoms with van der Waals surface area (Å²) in [4.78, 5) is 4.82. The van der Waals surface area contributed by atoms with Crippen molar-refractivity contribution in [2.24, 2.45) is 0 Å². The zero-order valence-electron chi connectivity index (χ0n) is 17.3. The summed E-state index contributed by atoms with van der Waals surface area (Å²) in [6, 6.07) is 5.83. The number of aromatic nitrogens is 4. The Morgan fingerprint density at radius 2 is 2.12 bits per heavy atom. The van der Waals surface area contributed by atoms with Gasteiger partial charge in [0.2, 0.25) is 0 Å². The molecule has 3 aromatic rings. The molecule has 11 heteroatoms. The van der Waals surface area contributed by atoms with Crippen molar-refractivity contribution in [1.82, 2.24) is 20.0 Å². The Kier molecular flexibility index (Phi) is 7.08. The van der Waals surface area contributed by atoms with E-state index in [0.717, 1.165) is 4.90 Å². The van der Waals surface area contributed by atoms with E-state index in [-0.39, 0.29) is 5.82 Å². The lowest BCUT2D eigenvalue weighted by atomic mass is 9.97. The molecule has 1 aliphatic rings. The van der Waals surface area contributed by atoms with Crippen molar-refractivity contribution in [2.75, 3.05) is 13.7 Å². The Morgan fingerprint density at radius 3 is 2.81 bits per heavy atom. The molecule has 3 heterocycles. The minimum atomic E-state index is -1.12. The van der Waals surface area contributed by atoms with E-state index in [1.807, 2.05) is 0 Å². The first-order valence-corrected chi connectivity index (χ1v) is 11.1. The molecule has 1 fully saturated rings. The molecule has 2 aromatic heterocycles. The van der Waals surface area contributed by atoms with Crippen LogP contribution in [0.4, 0.5) is 4.39 Å². The van der Waals surface area contributed by atoms with E-state index < -0.39 is 36.4 Å². The van der Waals surface area contributed by atoms with Crippen LogP contribution in [0, 0.1) is 12.7 Å². The van der Waals surface area contributed by atoms with Gasteiger partial charge in [-0.1, -0.05) is 40.7 Å². The average molecular weight is 481 g/mol. The fourth-order valence-electron chi connectivity index (χ4n) is 3.61. The quantitative estimate of drug-likeness (QED) is 0.555. The van der Waals surface area contributed by atoms with E-state index >= 15 is 0 Å². The van der Waals surface area contributed by atoms with Crippen molar-refractivity contribution in [3.8, 4) is 11.3 Å². The van der Waals surface area contributed by atoms with Gasteiger partial charge in [-0.05, 0) is 24.6 Å². The molecule has 32 heavy (non-hydrogen) atoms. The second-order valence-electron chi connectivity index (χ2n) is 7.41. The highest BCUT2D eigenvalue weighted by molar-refractivity contribution is 7.99. The third kappa shape index (κ3) is 4.66. The number of hydrogen-bond acceptors (Lipinski definition) is 8. The number of thioether (sulfide) groups is 1. The van der Waals surface area contributed by atoms with Gasteiger partial charge in [-0.25, -0.2) is 9.07 Å². The first-order valence-electron chi connectivity index (χ1n) is 9.84. The first kappa shape index (κ1) is 23.1. The van der Waals surface area contributed by atoms with Crippen LogP contribution in [-0.2, 0) is 9.47 Å². The topological polar surface area (TPSA) is 103 Å². The van der Waals surface area contributed by atoms with E-state index in [0.29, 0.717) is 21.8 Å². The number of rotatable bonds is 6. The molecule has 4 rings (SSSR count). The van der Waals surface area contributed by atoms with Gasteiger partial charge in [0.15, 0.2) is 0 Å². The lowest BCUT2D eigenvalue weighted by Crippen LogP contribution is -2.55. The summed E-state index contributed by atoms with van der Waals surface area (Å²) in [7, 11) is 1.50. The normalized spacial score (nSPS) is 25.8. The Bertz CT molecular complexity index is 1090. The van der Waals surface area contributed by atoms with Crippen LogP contribution in [0.15, 0.2) is 47.8 Å². The minimum absolute atomic E-state index is 0.343. The molecule has 0 spiro atoms. The van der Waals surface area contributed by atoms with E-state index in [2.05, 4.69) is 15.3 Å². The number of ether oxygens (including phenoxy) is 2. The smallest absolute Gasteiger partial charge is 0.136 e. The summed E-state index contributed by atoms with van der Waals surface area (Å²) in [6.07, 6.45) is 2.13. The van der Waals surface area contributed by atoms with Gasteiger partial charge in [-0.3, -0.25) is 4.98 Å². The van der Waals surface area contributed by atoms with Crippen molar-refractivity contribution in [2.45, 2.75) is 41.6 Å². The number of benzene rings is 1. The van der Waals surface area contributed by atoms with Gasteiger partial charge in [0.1, 0.15) is 41.3 Å². The van der Waals surface area contributed by atoms with Crippen LogP contribution in [0.2, 0.25) is 5.02 Å². The average Bonchev–Trinajstić information content (AvgIpc) is 3.26. The number of hydrogen-bond donors (Lipinski definition) is 2. The molecule has 1 aromatic carbocycles. The van der Waals surface area contributed by atoms with Crippen molar-refractivity contribution in [3.63, 3.8) is 0 Å². The highest BCUT2D eigenvalue weighted by Crippen LogP contribution is 2.39. The zero-order chi connectivity index (χ0) is 22.8. The first-order chi connectivity index (χ1) is 15.4. The second kappa shape index (κ2) is 9.82. The highest BCUT2D eigenvalue weighted by atomic mass is 35.5. The Hall–Kier alpha value is -2.08.